The highest BCUT2D eigenvalue weighted by molar-refractivity contribution is 7.92. The molecule has 2 aliphatic carbocycles. The lowest BCUT2D eigenvalue weighted by atomic mass is 9.95. The van der Waals surface area contributed by atoms with Gasteiger partial charge in [0.1, 0.15) is 12.1 Å². The van der Waals surface area contributed by atoms with Crippen molar-refractivity contribution in [3.63, 3.8) is 0 Å². The Hall–Kier alpha value is -3.48. The fourth-order valence-electron chi connectivity index (χ4n) is 7.86. The third kappa shape index (κ3) is 6.84. The zero-order valence-electron chi connectivity index (χ0n) is 27.3. The normalized spacial score (nSPS) is 24.8. The third-order valence-electron chi connectivity index (χ3n) is 10.4. The summed E-state index contributed by atoms with van der Waals surface area (Å²) in [6.07, 6.45) is 11.1. The van der Waals surface area contributed by atoms with Crippen molar-refractivity contribution in [3.05, 3.63) is 82.2 Å². The van der Waals surface area contributed by atoms with E-state index in [1.165, 1.54) is 0 Å². The van der Waals surface area contributed by atoms with Gasteiger partial charge < -0.3 is 14.2 Å². The van der Waals surface area contributed by atoms with Crippen LogP contribution in [0.2, 0.25) is 5.02 Å². The van der Waals surface area contributed by atoms with Crippen LogP contribution in [-0.4, -0.2) is 106 Å². The standard InChI is InChI=1S/C35H43ClN6O5S/c1-24-19-39(23-38-24)20-29-21-41(16-17-48(29,45)46)34(43)31-22-40(14-15-42(31)35(44)47-28-7-3-2-4-8-28)33-30-12-11-27(36)18-26(30)10-9-25-6-5-13-37-32(25)33/h5-6,11-13,18-19,23,28-29,31,33H,2-4,7-10,14-17,20-22H2,1H3/t29-,31+,33?/m0/s1. The number of rotatable bonds is 5. The van der Waals surface area contributed by atoms with Crippen LogP contribution in [0.25, 0.3) is 0 Å². The minimum Gasteiger partial charge on any atom is -0.446 e. The van der Waals surface area contributed by atoms with E-state index in [1.54, 1.807) is 20.7 Å². The molecule has 256 valence electrons. The highest BCUT2D eigenvalue weighted by atomic mass is 35.5. The summed E-state index contributed by atoms with van der Waals surface area (Å²) in [5.41, 5.74) is 5.13. The van der Waals surface area contributed by atoms with E-state index in [-0.39, 0.29) is 50.0 Å². The number of aryl methyl sites for hydroxylation is 3. The number of aromatic nitrogens is 3. The molecule has 3 fully saturated rings. The Morgan fingerprint density at radius 1 is 1.00 bits per heavy atom. The molecular weight excluding hydrogens is 652 g/mol. The van der Waals surface area contributed by atoms with Crippen LogP contribution < -0.4 is 0 Å². The van der Waals surface area contributed by atoms with Crippen LogP contribution in [-0.2, 0) is 38.8 Å². The van der Waals surface area contributed by atoms with E-state index in [0.29, 0.717) is 18.1 Å². The largest absolute Gasteiger partial charge is 0.446 e. The number of carbonyl (C=O) groups excluding carboxylic acids is 2. The fourth-order valence-corrected chi connectivity index (χ4v) is 9.67. The molecule has 0 bridgehead atoms. The number of piperazine rings is 1. The van der Waals surface area contributed by atoms with E-state index in [9.17, 15) is 18.0 Å². The number of pyridine rings is 1. The van der Waals surface area contributed by atoms with Crippen molar-refractivity contribution >= 4 is 33.4 Å². The Labute approximate surface area is 287 Å². The van der Waals surface area contributed by atoms with E-state index >= 15 is 0 Å². The molecule has 7 rings (SSSR count). The highest BCUT2D eigenvalue weighted by Gasteiger charge is 2.45. The van der Waals surface area contributed by atoms with Crippen LogP contribution in [0.15, 0.2) is 49.1 Å². The second-order valence-corrected chi connectivity index (χ2v) is 16.5. The number of hydrogen-bond acceptors (Lipinski definition) is 8. The van der Waals surface area contributed by atoms with Crippen LogP contribution in [0.5, 0.6) is 0 Å². The first kappa shape index (κ1) is 33.0. The average molecular weight is 695 g/mol. The first-order valence-electron chi connectivity index (χ1n) is 17.1. The van der Waals surface area contributed by atoms with Crippen molar-refractivity contribution in [1.29, 1.82) is 0 Å². The monoisotopic (exact) mass is 694 g/mol. The van der Waals surface area contributed by atoms with Gasteiger partial charge in [-0.15, -0.1) is 0 Å². The minimum absolute atomic E-state index is 0.0511. The van der Waals surface area contributed by atoms with E-state index in [0.717, 1.165) is 73.0 Å². The van der Waals surface area contributed by atoms with Crippen LogP contribution in [0, 0.1) is 6.92 Å². The number of carbonyl (C=O) groups is 2. The molecule has 0 spiro atoms. The van der Waals surface area contributed by atoms with E-state index in [2.05, 4.69) is 22.0 Å². The van der Waals surface area contributed by atoms with Gasteiger partial charge in [-0.3, -0.25) is 19.6 Å². The van der Waals surface area contributed by atoms with Gasteiger partial charge in [-0.05, 0) is 80.3 Å². The molecule has 3 aromatic rings. The Balaban J connectivity index is 1.20. The van der Waals surface area contributed by atoms with Gasteiger partial charge >= 0.3 is 6.09 Å². The van der Waals surface area contributed by atoms with Crippen molar-refractivity contribution < 1.29 is 22.7 Å². The molecule has 11 nitrogen and oxygen atoms in total. The molecule has 1 aromatic carbocycles. The van der Waals surface area contributed by atoms with E-state index in [4.69, 9.17) is 21.3 Å². The first-order chi connectivity index (χ1) is 23.2. The van der Waals surface area contributed by atoms with E-state index in [1.807, 2.05) is 37.5 Å². The van der Waals surface area contributed by atoms with Crippen LogP contribution in [0.4, 0.5) is 4.79 Å². The Morgan fingerprint density at radius 2 is 1.81 bits per heavy atom. The van der Waals surface area contributed by atoms with Crippen LogP contribution in [0.1, 0.15) is 66.2 Å². The van der Waals surface area contributed by atoms with Gasteiger partial charge in [0.25, 0.3) is 0 Å². The number of hydrogen-bond donors (Lipinski definition) is 0. The zero-order chi connectivity index (χ0) is 33.4. The molecule has 4 heterocycles. The smallest absolute Gasteiger partial charge is 0.410 e. The summed E-state index contributed by atoms with van der Waals surface area (Å²) in [7, 11) is -3.44. The van der Waals surface area contributed by atoms with Crippen molar-refractivity contribution in [3.8, 4) is 0 Å². The summed E-state index contributed by atoms with van der Waals surface area (Å²) in [5.74, 6) is -0.387. The summed E-state index contributed by atoms with van der Waals surface area (Å²) in [6.45, 7) is 3.27. The van der Waals surface area contributed by atoms with Gasteiger partial charge in [0.15, 0.2) is 9.84 Å². The molecule has 13 heteroatoms. The molecule has 0 N–H and O–H groups in total. The quantitative estimate of drug-likeness (QED) is 0.390. The molecule has 1 unspecified atom stereocenters. The van der Waals surface area contributed by atoms with Gasteiger partial charge in [0.05, 0.1) is 34.8 Å². The molecule has 0 radical (unpaired) electrons. The van der Waals surface area contributed by atoms with Crippen LogP contribution in [0.3, 0.4) is 0 Å². The molecule has 2 aromatic heterocycles. The molecule has 2 saturated heterocycles. The van der Waals surface area contributed by atoms with Gasteiger partial charge in [-0.2, -0.15) is 0 Å². The average Bonchev–Trinajstić information content (AvgIpc) is 3.42. The topological polar surface area (TPSA) is 118 Å². The first-order valence-corrected chi connectivity index (χ1v) is 19.2. The number of sulfone groups is 1. The van der Waals surface area contributed by atoms with Crippen molar-refractivity contribution in [2.75, 3.05) is 38.5 Å². The summed E-state index contributed by atoms with van der Waals surface area (Å²) >= 11 is 6.46. The Kier molecular flexibility index (Phi) is 9.50. The van der Waals surface area contributed by atoms with Crippen molar-refractivity contribution in [2.45, 2.75) is 81.9 Å². The predicted molar refractivity (Wildman–Crippen MR) is 181 cm³/mol. The number of halogens is 1. The van der Waals surface area contributed by atoms with E-state index < -0.39 is 27.2 Å². The second-order valence-electron chi connectivity index (χ2n) is 13.6. The summed E-state index contributed by atoms with van der Waals surface area (Å²) in [6, 6.07) is 8.96. The third-order valence-corrected chi connectivity index (χ3v) is 12.7. The maximum absolute atomic E-state index is 14.6. The summed E-state index contributed by atoms with van der Waals surface area (Å²) in [5, 5.41) is -0.101. The fraction of sp³-hybridized carbons (Fsp3) is 0.543. The van der Waals surface area contributed by atoms with Crippen molar-refractivity contribution in [1.82, 2.24) is 29.2 Å². The maximum Gasteiger partial charge on any atom is 0.410 e. The Bertz CT molecular complexity index is 1780. The SMILES string of the molecule is Cc1cn(C[C@H]2CN(C(=O)[C@H]3CN(C4c5ccc(Cl)cc5CCc5cccnc54)CCN3C(=O)OC3CCCCC3)CCS2(=O)=O)cn1. The summed E-state index contributed by atoms with van der Waals surface area (Å²) in [4.78, 5) is 43.0. The number of nitrogens with zero attached hydrogens (tertiary/aromatic N) is 6. The van der Waals surface area contributed by atoms with Crippen molar-refractivity contribution in [2.24, 2.45) is 0 Å². The lowest BCUT2D eigenvalue weighted by molar-refractivity contribution is -0.139. The molecular formula is C35H43ClN6O5S. The van der Waals surface area contributed by atoms with Gasteiger partial charge in [0.2, 0.25) is 5.91 Å². The van der Waals surface area contributed by atoms with Gasteiger partial charge in [-0.25, -0.2) is 18.2 Å². The highest BCUT2D eigenvalue weighted by Crippen LogP contribution is 2.38. The second kappa shape index (κ2) is 13.8. The molecule has 2 aliphatic heterocycles. The lowest BCUT2D eigenvalue weighted by Crippen LogP contribution is -2.64. The molecule has 48 heavy (non-hydrogen) atoms. The molecule has 3 atom stereocenters. The van der Waals surface area contributed by atoms with Gasteiger partial charge in [0, 0.05) is 56.7 Å². The van der Waals surface area contributed by atoms with Crippen LogP contribution >= 0.6 is 11.6 Å². The number of ether oxygens (including phenoxy) is 1. The number of imidazole rings is 1. The number of benzene rings is 1. The predicted octanol–water partition coefficient (Wildman–Crippen LogP) is 4.21. The summed E-state index contributed by atoms with van der Waals surface area (Å²) < 4.78 is 34.2. The maximum atomic E-state index is 14.6. The van der Waals surface area contributed by atoms with Gasteiger partial charge in [-0.1, -0.05) is 30.2 Å². The molecule has 4 aliphatic rings. The molecule has 2 amide bonds. The Morgan fingerprint density at radius 3 is 2.60 bits per heavy atom. The number of amides is 2. The number of fused-ring (bicyclic) bond motifs is 2. The molecule has 1 saturated carbocycles. The lowest BCUT2D eigenvalue weighted by Gasteiger charge is -2.45. The minimum atomic E-state index is -3.44. The zero-order valence-corrected chi connectivity index (χ0v) is 28.9.